The summed E-state index contributed by atoms with van der Waals surface area (Å²) >= 11 is 0. The van der Waals surface area contributed by atoms with Crippen LogP contribution in [-0.2, 0) is 0 Å². The third-order valence-corrected chi connectivity index (χ3v) is 4.80. The van der Waals surface area contributed by atoms with Crippen molar-refractivity contribution < 1.29 is 5.11 Å². The molecule has 0 aliphatic carbocycles. The number of aliphatic hydroxyl groups is 1. The Hall–Kier alpha value is -1.59. The number of nitrogens with two attached hydrogens (primary N) is 1. The first-order valence-electron chi connectivity index (χ1n) is 9.11. The van der Waals surface area contributed by atoms with Crippen molar-refractivity contribution in [2.45, 2.75) is 51.2 Å². The Bertz CT molecular complexity index is 503. The SMILES string of the molecule is CCN1CCCC1CNC(N)=NCC(CC(C)O)c1ccccc1. The molecule has 1 heterocycles. The first kappa shape index (κ1) is 18.7. The van der Waals surface area contributed by atoms with Crippen molar-refractivity contribution in [1.82, 2.24) is 10.2 Å². The Balaban J connectivity index is 1.88. The number of likely N-dealkylation sites (N-methyl/N-ethyl adjacent to an activating group) is 1. The molecule has 0 spiro atoms. The summed E-state index contributed by atoms with van der Waals surface area (Å²) in [6.45, 7) is 7.75. The zero-order chi connectivity index (χ0) is 17.4. The van der Waals surface area contributed by atoms with Crippen molar-refractivity contribution in [1.29, 1.82) is 0 Å². The number of aliphatic imine (C=N–C) groups is 1. The molecule has 2 rings (SSSR count). The molecule has 1 aliphatic rings. The molecule has 1 aromatic carbocycles. The highest BCUT2D eigenvalue weighted by molar-refractivity contribution is 5.77. The Morgan fingerprint density at radius 1 is 1.42 bits per heavy atom. The molecule has 1 saturated heterocycles. The number of rotatable bonds is 8. The highest BCUT2D eigenvalue weighted by atomic mass is 16.3. The minimum Gasteiger partial charge on any atom is -0.393 e. The number of hydrogen-bond donors (Lipinski definition) is 3. The fraction of sp³-hybridized carbons (Fsp3) is 0.632. The molecule has 3 unspecified atom stereocenters. The van der Waals surface area contributed by atoms with E-state index >= 15 is 0 Å². The van der Waals surface area contributed by atoms with E-state index in [0.717, 1.165) is 13.1 Å². The number of hydrogen-bond acceptors (Lipinski definition) is 3. The van der Waals surface area contributed by atoms with Gasteiger partial charge in [-0.3, -0.25) is 9.89 Å². The third kappa shape index (κ3) is 5.80. The first-order valence-corrected chi connectivity index (χ1v) is 9.11. The van der Waals surface area contributed by atoms with E-state index in [-0.39, 0.29) is 12.0 Å². The van der Waals surface area contributed by atoms with E-state index in [4.69, 9.17) is 5.73 Å². The molecule has 134 valence electrons. The fourth-order valence-corrected chi connectivity index (χ4v) is 3.48. The summed E-state index contributed by atoms with van der Waals surface area (Å²) in [5, 5.41) is 13.0. The molecule has 0 saturated carbocycles. The molecule has 0 amide bonds. The molecule has 3 atom stereocenters. The van der Waals surface area contributed by atoms with E-state index in [1.54, 1.807) is 0 Å². The van der Waals surface area contributed by atoms with Gasteiger partial charge in [-0.15, -0.1) is 0 Å². The molecule has 0 aromatic heterocycles. The van der Waals surface area contributed by atoms with E-state index in [9.17, 15) is 5.11 Å². The highest BCUT2D eigenvalue weighted by Gasteiger charge is 2.22. The summed E-state index contributed by atoms with van der Waals surface area (Å²) in [4.78, 5) is 7.01. The maximum Gasteiger partial charge on any atom is 0.188 e. The average molecular weight is 332 g/mol. The quantitative estimate of drug-likeness (QED) is 0.502. The summed E-state index contributed by atoms with van der Waals surface area (Å²) < 4.78 is 0. The van der Waals surface area contributed by atoms with E-state index in [1.165, 1.54) is 24.9 Å². The zero-order valence-corrected chi connectivity index (χ0v) is 15.0. The van der Waals surface area contributed by atoms with Crippen molar-refractivity contribution in [2.24, 2.45) is 10.7 Å². The van der Waals surface area contributed by atoms with Gasteiger partial charge in [0.25, 0.3) is 0 Å². The number of guanidine groups is 1. The summed E-state index contributed by atoms with van der Waals surface area (Å²) in [5.74, 6) is 0.689. The van der Waals surface area contributed by atoms with Gasteiger partial charge in [-0.05, 0) is 44.8 Å². The normalized spacial score (nSPS) is 21.6. The molecule has 0 radical (unpaired) electrons. The predicted molar refractivity (Wildman–Crippen MR) is 100 cm³/mol. The molecule has 24 heavy (non-hydrogen) atoms. The maximum atomic E-state index is 9.75. The summed E-state index contributed by atoms with van der Waals surface area (Å²) in [6.07, 6.45) is 2.83. The van der Waals surface area contributed by atoms with Gasteiger partial charge >= 0.3 is 0 Å². The number of aliphatic hydroxyl groups excluding tert-OH is 1. The van der Waals surface area contributed by atoms with Gasteiger partial charge in [-0.2, -0.15) is 0 Å². The lowest BCUT2D eigenvalue weighted by atomic mass is 9.93. The minimum atomic E-state index is -0.351. The van der Waals surface area contributed by atoms with Crippen LogP contribution in [0.15, 0.2) is 35.3 Å². The molecule has 1 aliphatic heterocycles. The minimum absolute atomic E-state index is 0.185. The standard InChI is InChI=1S/C19H32N4O/c1-3-23-11-7-10-18(23)14-22-19(20)21-13-17(12-15(2)24)16-8-5-4-6-9-16/h4-6,8-9,15,17-18,24H,3,7,10-14H2,1-2H3,(H3,20,21,22). The van der Waals surface area contributed by atoms with Crippen molar-refractivity contribution in [3.05, 3.63) is 35.9 Å². The van der Waals surface area contributed by atoms with Crippen LogP contribution in [0.1, 0.15) is 44.6 Å². The van der Waals surface area contributed by atoms with Crippen molar-refractivity contribution >= 4 is 5.96 Å². The summed E-state index contributed by atoms with van der Waals surface area (Å²) in [6, 6.07) is 10.8. The third-order valence-electron chi connectivity index (χ3n) is 4.80. The van der Waals surface area contributed by atoms with E-state index in [0.29, 0.717) is 25.0 Å². The number of nitrogens with zero attached hydrogens (tertiary/aromatic N) is 2. The molecule has 5 nitrogen and oxygen atoms in total. The van der Waals surface area contributed by atoms with Crippen molar-refractivity contribution in [3.8, 4) is 0 Å². The van der Waals surface area contributed by atoms with Gasteiger partial charge in [-0.1, -0.05) is 37.3 Å². The van der Waals surface area contributed by atoms with Gasteiger partial charge in [0.05, 0.1) is 6.10 Å². The lowest BCUT2D eigenvalue weighted by molar-refractivity contribution is 0.175. The van der Waals surface area contributed by atoms with E-state index in [1.807, 2.05) is 25.1 Å². The van der Waals surface area contributed by atoms with Gasteiger partial charge < -0.3 is 16.2 Å². The Morgan fingerprint density at radius 3 is 2.83 bits per heavy atom. The molecular formula is C19H32N4O. The highest BCUT2D eigenvalue weighted by Crippen LogP contribution is 2.21. The van der Waals surface area contributed by atoms with Crippen LogP contribution in [0.4, 0.5) is 0 Å². The van der Waals surface area contributed by atoms with Crippen LogP contribution in [0, 0.1) is 0 Å². The molecule has 5 heteroatoms. The van der Waals surface area contributed by atoms with Gasteiger partial charge in [0.15, 0.2) is 5.96 Å². The Labute approximate surface area is 146 Å². The summed E-state index contributed by atoms with van der Waals surface area (Å²) in [5.41, 5.74) is 7.25. The van der Waals surface area contributed by atoms with Crippen molar-refractivity contribution in [2.75, 3.05) is 26.2 Å². The molecule has 1 aromatic rings. The largest absolute Gasteiger partial charge is 0.393 e. The summed E-state index contributed by atoms with van der Waals surface area (Å²) in [7, 11) is 0. The topological polar surface area (TPSA) is 73.9 Å². The first-order chi connectivity index (χ1) is 11.6. The van der Waals surface area contributed by atoms with E-state index in [2.05, 4.69) is 34.3 Å². The average Bonchev–Trinajstić information content (AvgIpc) is 3.04. The Kier molecular flexibility index (Phi) is 7.53. The molecule has 4 N–H and O–H groups in total. The number of likely N-dealkylation sites (tertiary alicyclic amines) is 1. The second kappa shape index (κ2) is 9.64. The van der Waals surface area contributed by atoms with Crippen LogP contribution in [0.2, 0.25) is 0 Å². The predicted octanol–water partition coefficient (Wildman–Crippen LogP) is 1.93. The maximum absolute atomic E-state index is 9.75. The monoisotopic (exact) mass is 332 g/mol. The van der Waals surface area contributed by atoms with Gasteiger partial charge in [0.2, 0.25) is 0 Å². The number of benzene rings is 1. The van der Waals surface area contributed by atoms with Crippen molar-refractivity contribution in [3.63, 3.8) is 0 Å². The molecular weight excluding hydrogens is 300 g/mol. The van der Waals surface area contributed by atoms with Crippen LogP contribution >= 0.6 is 0 Å². The second-order valence-electron chi connectivity index (χ2n) is 6.72. The van der Waals surface area contributed by atoms with Crippen LogP contribution in [-0.4, -0.2) is 54.3 Å². The smallest absolute Gasteiger partial charge is 0.188 e. The lowest BCUT2D eigenvalue weighted by Gasteiger charge is -2.23. The van der Waals surface area contributed by atoms with Crippen LogP contribution in [0.25, 0.3) is 0 Å². The van der Waals surface area contributed by atoms with Crippen LogP contribution in [0.5, 0.6) is 0 Å². The molecule has 1 fully saturated rings. The zero-order valence-electron chi connectivity index (χ0n) is 15.0. The Morgan fingerprint density at radius 2 is 2.17 bits per heavy atom. The van der Waals surface area contributed by atoms with Gasteiger partial charge in [0.1, 0.15) is 0 Å². The van der Waals surface area contributed by atoms with Crippen LogP contribution in [0.3, 0.4) is 0 Å². The van der Waals surface area contributed by atoms with Gasteiger partial charge in [0, 0.05) is 25.0 Å². The fourth-order valence-electron chi connectivity index (χ4n) is 3.48. The lowest BCUT2D eigenvalue weighted by Crippen LogP contribution is -2.42. The second-order valence-corrected chi connectivity index (χ2v) is 6.72. The van der Waals surface area contributed by atoms with Gasteiger partial charge in [-0.25, -0.2) is 0 Å². The van der Waals surface area contributed by atoms with Crippen LogP contribution < -0.4 is 11.1 Å². The molecule has 0 bridgehead atoms. The van der Waals surface area contributed by atoms with E-state index < -0.39 is 0 Å². The number of nitrogens with one attached hydrogen (secondary N) is 1.